The Labute approximate surface area is 145 Å². The third kappa shape index (κ3) is 4.14. The van der Waals surface area contributed by atoms with E-state index in [2.05, 4.69) is 5.32 Å². The van der Waals surface area contributed by atoms with Crippen LogP contribution in [0.2, 0.25) is 0 Å². The summed E-state index contributed by atoms with van der Waals surface area (Å²) in [4.78, 5) is 25.2. The van der Waals surface area contributed by atoms with Crippen LogP contribution in [0.5, 0.6) is 5.75 Å². The van der Waals surface area contributed by atoms with Crippen molar-refractivity contribution in [1.82, 2.24) is 0 Å². The molecule has 1 aromatic heterocycles. The highest BCUT2D eigenvalue weighted by molar-refractivity contribution is 7.16. The Kier molecular flexibility index (Phi) is 5.98. The summed E-state index contributed by atoms with van der Waals surface area (Å²) in [6.45, 7) is 6.28. The fraction of sp³-hybridized carbons (Fsp3) is 0.333. The number of thiophene rings is 1. The van der Waals surface area contributed by atoms with Crippen LogP contribution < -0.4 is 10.1 Å². The maximum Gasteiger partial charge on any atom is 0.341 e. The molecule has 0 saturated heterocycles. The summed E-state index contributed by atoms with van der Waals surface area (Å²) in [7, 11) is 1.33. The Morgan fingerprint density at radius 3 is 2.42 bits per heavy atom. The molecule has 128 valence electrons. The first-order chi connectivity index (χ1) is 11.5. The zero-order valence-corrected chi connectivity index (χ0v) is 15.1. The first kappa shape index (κ1) is 18.0. The minimum atomic E-state index is -0.437. The van der Waals surface area contributed by atoms with Crippen LogP contribution in [0.25, 0.3) is 0 Å². The zero-order chi connectivity index (χ0) is 17.7. The molecular formula is C18H21NO4S. The van der Waals surface area contributed by atoms with Gasteiger partial charge in [0.1, 0.15) is 10.8 Å². The predicted molar refractivity (Wildman–Crippen MR) is 95.1 cm³/mol. The van der Waals surface area contributed by atoms with Crippen LogP contribution >= 0.6 is 11.3 Å². The number of methoxy groups -OCH3 is 1. The standard InChI is InChI=1S/C18H21NO4S/c1-5-23-14-8-6-13(7-9-14)10-15(20)19-17-16(18(21)22-4)11(2)12(3)24-17/h6-9H,5,10H2,1-4H3,(H,19,20). The largest absolute Gasteiger partial charge is 0.494 e. The lowest BCUT2D eigenvalue weighted by molar-refractivity contribution is -0.115. The number of nitrogens with one attached hydrogen (secondary N) is 1. The van der Waals surface area contributed by atoms with Crippen molar-refractivity contribution < 1.29 is 19.1 Å². The molecule has 0 atom stereocenters. The van der Waals surface area contributed by atoms with Gasteiger partial charge >= 0.3 is 5.97 Å². The van der Waals surface area contributed by atoms with E-state index in [-0.39, 0.29) is 12.3 Å². The molecule has 0 aliphatic carbocycles. The molecule has 0 unspecified atom stereocenters. The number of ether oxygens (including phenoxy) is 2. The molecule has 0 aliphatic heterocycles. The molecule has 1 amide bonds. The normalized spacial score (nSPS) is 10.3. The van der Waals surface area contributed by atoms with Crippen LogP contribution in [0.4, 0.5) is 5.00 Å². The highest BCUT2D eigenvalue weighted by Crippen LogP contribution is 2.33. The molecule has 2 rings (SSSR count). The molecule has 1 aromatic carbocycles. The molecule has 1 heterocycles. The van der Waals surface area contributed by atoms with Gasteiger partial charge in [-0.2, -0.15) is 0 Å². The molecule has 0 fully saturated rings. The van der Waals surface area contributed by atoms with E-state index in [1.54, 1.807) is 0 Å². The molecule has 5 nitrogen and oxygen atoms in total. The molecule has 0 radical (unpaired) electrons. The minimum Gasteiger partial charge on any atom is -0.494 e. The zero-order valence-electron chi connectivity index (χ0n) is 14.3. The Morgan fingerprint density at radius 2 is 1.83 bits per heavy atom. The first-order valence-corrected chi connectivity index (χ1v) is 8.47. The van der Waals surface area contributed by atoms with Crippen molar-refractivity contribution in [2.24, 2.45) is 0 Å². The van der Waals surface area contributed by atoms with Crippen molar-refractivity contribution in [2.45, 2.75) is 27.2 Å². The SMILES string of the molecule is CCOc1ccc(CC(=O)Nc2sc(C)c(C)c2C(=O)OC)cc1. The predicted octanol–water partition coefficient (Wildman–Crippen LogP) is 3.73. The summed E-state index contributed by atoms with van der Waals surface area (Å²) in [5.74, 6) is 0.165. The number of amides is 1. The van der Waals surface area contributed by atoms with Crippen molar-refractivity contribution in [1.29, 1.82) is 0 Å². The van der Waals surface area contributed by atoms with Crippen molar-refractivity contribution >= 4 is 28.2 Å². The average Bonchev–Trinajstić information content (AvgIpc) is 2.83. The van der Waals surface area contributed by atoms with Gasteiger partial charge in [0.05, 0.1) is 25.7 Å². The maximum atomic E-state index is 12.3. The van der Waals surface area contributed by atoms with E-state index < -0.39 is 5.97 Å². The summed E-state index contributed by atoms with van der Waals surface area (Å²) in [5, 5.41) is 3.36. The monoisotopic (exact) mass is 347 g/mol. The maximum absolute atomic E-state index is 12.3. The summed E-state index contributed by atoms with van der Waals surface area (Å²) in [6, 6.07) is 7.39. The first-order valence-electron chi connectivity index (χ1n) is 7.66. The number of carbonyl (C=O) groups excluding carboxylic acids is 2. The summed E-state index contributed by atoms with van der Waals surface area (Å²) < 4.78 is 10.2. The van der Waals surface area contributed by atoms with Gasteiger partial charge in [-0.05, 0) is 44.0 Å². The van der Waals surface area contributed by atoms with Crippen molar-refractivity contribution in [2.75, 3.05) is 19.0 Å². The molecule has 0 bridgehead atoms. The molecule has 24 heavy (non-hydrogen) atoms. The molecule has 2 aromatic rings. The third-order valence-corrected chi connectivity index (χ3v) is 4.75. The highest BCUT2D eigenvalue weighted by Gasteiger charge is 2.21. The van der Waals surface area contributed by atoms with E-state index in [0.29, 0.717) is 17.2 Å². The lowest BCUT2D eigenvalue weighted by Crippen LogP contribution is -2.16. The van der Waals surface area contributed by atoms with Gasteiger partial charge in [-0.1, -0.05) is 12.1 Å². The molecule has 6 heteroatoms. The van der Waals surface area contributed by atoms with E-state index in [4.69, 9.17) is 9.47 Å². The van der Waals surface area contributed by atoms with Gasteiger partial charge < -0.3 is 14.8 Å². The highest BCUT2D eigenvalue weighted by atomic mass is 32.1. The molecule has 1 N–H and O–H groups in total. The Balaban J connectivity index is 2.10. The molecular weight excluding hydrogens is 326 g/mol. The van der Waals surface area contributed by atoms with Crippen molar-refractivity contribution in [3.05, 3.63) is 45.8 Å². The topological polar surface area (TPSA) is 64.6 Å². The number of esters is 1. The average molecular weight is 347 g/mol. The number of rotatable bonds is 6. The van der Waals surface area contributed by atoms with Gasteiger partial charge in [0.15, 0.2) is 0 Å². The van der Waals surface area contributed by atoms with Crippen LogP contribution in [-0.4, -0.2) is 25.6 Å². The van der Waals surface area contributed by atoms with Crippen molar-refractivity contribution in [3.63, 3.8) is 0 Å². The molecule has 0 saturated carbocycles. The number of aryl methyl sites for hydroxylation is 1. The number of hydrogen-bond acceptors (Lipinski definition) is 5. The fourth-order valence-electron chi connectivity index (χ4n) is 2.29. The van der Waals surface area contributed by atoms with Gasteiger partial charge in [-0.15, -0.1) is 11.3 Å². The van der Waals surface area contributed by atoms with Crippen molar-refractivity contribution in [3.8, 4) is 5.75 Å². The van der Waals surface area contributed by atoms with E-state index in [0.717, 1.165) is 21.8 Å². The van der Waals surface area contributed by atoms with E-state index in [1.807, 2.05) is 45.0 Å². The number of anilines is 1. The molecule has 0 aliphatic rings. The lowest BCUT2D eigenvalue weighted by atomic mass is 10.1. The second kappa shape index (κ2) is 7.97. The fourth-order valence-corrected chi connectivity index (χ4v) is 3.35. The number of hydrogen-bond donors (Lipinski definition) is 1. The van der Waals surface area contributed by atoms with E-state index >= 15 is 0 Å². The number of benzene rings is 1. The Morgan fingerprint density at radius 1 is 1.17 bits per heavy atom. The van der Waals surface area contributed by atoms with Gasteiger partial charge in [-0.25, -0.2) is 4.79 Å². The van der Waals surface area contributed by atoms with Crippen LogP contribution in [0, 0.1) is 13.8 Å². The van der Waals surface area contributed by atoms with Crippen LogP contribution in [-0.2, 0) is 16.0 Å². The molecule has 0 spiro atoms. The number of carbonyl (C=O) groups is 2. The summed E-state index contributed by atoms with van der Waals surface area (Å²) in [5.41, 5.74) is 2.14. The van der Waals surface area contributed by atoms with Crippen LogP contribution in [0.1, 0.15) is 33.3 Å². The smallest absolute Gasteiger partial charge is 0.341 e. The van der Waals surface area contributed by atoms with E-state index in [1.165, 1.54) is 18.4 Å². The third-order valence-electron chi connectivity index (χ3n) is 3.63. The van der Waals surface area contributed by atoms with Gasteiger partial charge in [0.2, 0.25) is 5.91 Å². The van der Waals surface area contributed by atoms with Gasteiger partial charge in [-0.3, -0.25) is 4.79 Å². The van der Waals surface area contributed by atoms with E-state index in [9.17, 15) is 9.59 Å². The second-order valence-electron chi connectivity index (χ2n) is 5.28. The summed E-state index contributed by atoms with van der Waals surface area (Å²) >= 11 is 1.38. The lowest BCUT2D eigenvalue weighted by Gasteiger charge is -2.07. The van der Waals surface area contributed by atoms with Gasteiger partial charge in [0.25, 0.3) is 0 Å². The van der Waals surface area contributed by atoms with Gasteiger partial charge in [0, 0.05) is 4.88 Å². The summed E-state index contributed by atoms with van der Waals surface area (Å²) in [6.07, 6.45) is 0.225. The van der Waals surface area contributed by atoms with Crippen LogP contribution in [0.3, 0.4) is 0 Å². The Hall–Kier alpha value is -2.34. The van der Waals surface area contributed by atoms with Crippen LogP contribution in [0.15, 0.2) is 24.3 Å². The second-order valence-corrected chi connectivity index (χ2v) is 6.51. The minimum absolute atomic E-state index is 0.175. The quantitative estimate of drug-likeness (QED) is 0.809. The Bertz CT molecular complexity index is 734.